The molecule has 0 spiro atoms. The standard InChI is InChI=1S/C23H18Cl2FN3O3/c24-15-4-7-17(18(25)12-15)20-19(21(30)14-2-5-16(26)6-3-14)22(31)23(32)29(20)10-1-9-28-11-8-27-13-28/h2-8,11-13,20,30H,1,9-10H2/t20-/m0/s1. The number of rotatable bonds is 6. The predicted molar refractivity (Wildman–Crippen MR) is 119 cm³/mol. The van der Waals surface area contributed by atoms with E-state index in [0.717, 1.165) is 0 Å². The molecule has 0 saturated carbocycles. The Morgan fingerprint density at radius 2 is 1.84 bits per heavy atom. The summed E-state index contributed by atoms with van der Waals surface area (Å²) in [4.78, 5) is 31.3. The number of hydrogen-bond acceptors (Lipinski definition) is 4. The van der Waals surface area contributed by atoms with Gasteiger partial charge in [-0.05, 0) is 48.4 Å². The third-order valence-corrected chi connectivity index (χ3v) is 5.85. The van der Waals surface area contributed by atoms with E-state index >= 15 is 0 Å². The summed E-state index contributed by atoms with van der Waals surface area (Å²) in [5, 5.41) is 11.6. The van der Waals surface area contributed by atoms with Gasteiger partial charge in [0.15, 0.2) is 0 Å². The molecule has 3 aromatic rings. The fraction of sp³-hybridized carbons (Fsp3) is 0.174. The summed E-state index contributed by atoms with van der Waals surface area (Å²) in [5.41, 5.74) is 0.577. The number of aliphatic hydroxyl groups is 1. The Balaban J connectivity index is 1.76. The van der Waals surface area contributed by atoms with Gasteiger partial charge in [0.1, 0.15) is 11.6 Å². The van der Waals surface area contributed by atoms with Crippen molar-refractivity contribution in [2.75, 3.05) is 6.54 Å². The average Bonchev–Trinajstić information content (AvgIpc) is 3.36. The number of amides is 1. The molecule has 1 atom stereocenters. The maximum absolute atomic E-state index is 13.4. The van der Waals surface area contributed by atoms with E-state index in [-0.39, 0.29) is 22.7 Å². The molecular formula is C23H18Cl2FN3O3. The van der Waals surface area contributed by atoms with Crippen LogP contribution in [0.4, 0.5) is 4.39 Å². The van der Waals surface area contributed by atoms with Crippen LogP contribution in [0.25, 0.3) is 5.76 Å². The van der Waals surface area contributed by atoms with Gasteiger partial charge in [-0.15, -0.1) is 0 Å². The molecule has 1 aromatic heterocycles. The number of nitrogens with zero attached hydrogens (tertiary/aromatic N) is 3. The van der Waals surface area contributed by atoms with E-state index in [4.69, 9.17) is 23.2 Å². The van der Waals surface area contributed by atoms with E-state index in [9.17, 15) is 19.1 Å². The van der Waals surface area contributed by atoms with Gasteiger partial charge in [-0.25, -0.2) is 9.37 Å². The first-order valence-electron chi connectivity index (χ1n) is 9.82. The maximum atomic E-state index is 13.4. The highest BCUT2D eigenvalue weighted by Crippen LogP contribution is 2.42. The molecule has 0 aliphatic carbocycles. The quantitative estimate of drug-likeness (QED) is 0.315. The SMILES string of the molecule is O=C1C(=O)N(CCCn2ccnc2)[C@@H](c2ccc(Cl)cc2Cl)C1=C(O)c1ccc(F)cc1. The summed E-state index contributed by atoms with van der Waals surface area (Å²) >= 11 is 12.5. The molecule has 1 aliphatic heterocycles. The number of hydrogen-bond donors (Lipinski definition) is 1. The lowest BCUT2D eigenvalue weighted by Crippen LogP contribution is -2.31. The second-order valence-electron chi connectivity index (χ2n) is 7.32. The lowest BCUT2D eigenvalue weighted by molar-refractivity contribution is -0.139. The zero-order valence-corrected chi connectivity index (χ0v) is 18.2. The van der Waals surface area contributed by atoms with Crippen LogP contribution in [0.5, 0.6) is 0 Å². The lowest BCUT2D eigenvalue weighted by atomic mass is 9.95. The van der Waals surface area contributed by atoms with Gasteiger partial charge in [0, 0.05) is 41.1 Å². The van der Waals surface area contributed by atoms with Gasteiger partial charge >= 0.3 is 0 Å². The van der Waals surface area contributed by atoms with Crippen molar-refractivity contribution >= 4 is 40.7 Å². The van der Waals surface area contributed by atoms with Crippen LogP contribution in [0.15, 0.2) is 66.8 Å². The van der Waals surface area contributed by atoms with Crippen LogP contribution < -0.4 is 0 Å². The third-order valence-electron chi connectivity index (χ3n) is 5.29. The molecule has 2 aromatic carbocycles. The number of carbonyl (C=O) groups excluding carboxylic acids is 2. The van der Waals surface area contributed by atoms with Crippen molar-refractivity contribution in [3.63, 3.8) is 0 Å². The monoisotopic (exact) mass is 473 g/mol. The van der Waals surface area contributed by atoms with Crippen LogP contribution in [0, 0.1) is 5.82 Å². The van der Waals surface area contributed by atoms with Gasteiger partial charge < -0.3 is 14.6 Å². The number of Topliss-reactive ketones (excluding diaryl/α,β-unsaturated/α-hetero) is 1. The molecular weight excluding hydrogens is 456 g/mol. The summed E-state index contributed by atoms with van der Waals surface area (Å²) in [6.45, 7) is 0.828. The van der Waals surface area contributed by atoms with Crippen LogP contribution in [-0.2, 0) is 16.1 Å². The van der Waals surface area contributed by atoms with E-state index in [1.54, 1.807) is 30.9 Å². The van der Waals surface area contributed by atoms with Crippen LogP contribution in [0.1, 0.15) is 23.6 Å². The second kappa shape index (κ2) is 9.14. The summed E-state index contributed by atoms with van der Waals surface area (Å²) in [7, 11) is 0. The van der Waals surface area contributed by atoms with Gasteiger partial charge in [0.2, 0.25) is 0 Å². The predicted octanol–water partition coefficient (Wildman–Crippen LogP) is 4.84. The van der Waals surface area contributed by atoms with Crippen molar-refractivity contribution in [3.05, 3.63) is 93.7 Å². The second-order valence-corrected chi connectivity index (χ2v) is 8.16. The van der Waals surface area contributed by atoms with Gasteiger partial charge in [-0.2, -0.15) is 0 Å². The first-order valence-corrected chi connectivity index (χ1v) is 10.6. The smallest absolute Gasteiger partial charge is 0.295 e. The summed E-state index contributed by atoms with van der Waals surface area (Å²) in [5.74, 6) is -2.45. The minimum absolute atomic E-state index is 0.103. The summed E-state index contributed by atoms with van der Waals surface area (Å²) in [6, 6.07) is 8.86. The number of ketones is 1. The topological polar surface area (TPSA) is 75.4 Å². The lowest BCUT2D eigenvalue weighted by Gasteiger charge is -2.26. The number of carbonyl (C=O) groups is 2. The van der Waals surface area contributed by atoms with Gasteiger partial charge in [0.05, 0.1) is 17.9 Å². The number of imidazole rings is 1. The number of benzene rings is 2. The van der Waals surface area contributed by atoms with Gasteiger partial charge in [-0.3, -0.25) is 9.59 Å². The average molecular weight is 474 g/mol. The van der Waals surface area contributed by atoms with Crippen LogP contribution in [0.3, 0.4) is 0 Å². The normalized spacial score (nSPS) is 17.8. The van der Waals surface area contributed by atoms with Crippen molar-refractivity contribution in [2.24, 2.45) is 0 Å². The van der Waals surface area contributed by atoms with Gasteiger partial charge in [-0.1, -0.05) is 29.3 Å². The molecule has 4 rings (SSSR count). The highest BCUT2D eigenvalue weighted by atomic mass is 35.5. The van der Waals surface area contributed by atoms with E-state index in [2.05, 4.69) is 4.98 Å². The zero-order valence-electron chi connectivity index (χ0n) is 16.7. The molecule has 0 bridgehead atoms. The van der Waals surface area contributed by atoms with E-state index < -0.39 is 29.3 Å². The van der Waals surface area contributed by atoms with Crippen molar-refractivity contribution in [3.8, 4) is 0 Å². The number of aryl methyl sites for hydroxylation is 1. The molecule has 0 unspecified atom stereocenters. The van der Waals surface area contributed by atoms with Crippen LogP contribution in [0.2, 0.25) is 10.0 Å². The Kier molecular flexibility index (Phi) is 6.30. The Morgan fingerprint density at radius 1 is 1.09 bits per heavy atom. The van der Waals surface area contributed by atoms with Crippen molar-refractivity contribution < 1.29 is 19.1 Å². The first-order chi connectivity index (χ1) is 15.4. The molecule has 1 aliphatic rings. The molecule has 164 valence electrons. The molecule has 2 heterocycles. The molecule has 0 radical (unpaired) electrons. The molecule has 6 nitrogen and oxygen atoms in total. The fourth-order valence-corrected chi connectivity index (χ4v) is 4.27. The first kappa shape index (κ1) is 22.0. The number of halogens is 3. The molecule has 1 amide bonds. The van der Waals surface area contributed by atoms with Crippen LogP contribution in [-0.4, -0.2) is 37.8 Å². The minimum atomic E-state index is -0.910. The highest BCUT2D eigenvalue weighted by molar-refractivity contribution is 6.47. The van der Waals surface area contributed by atoms with Crippen LogP contribution >= 0.6 is 23.2 Å². The minimum Gasteiger partial charge on any atom is -0.507 e. The number of aromatic nitrogens is 2. The largest absolute Gasteiger partial charge is 0.507 e. The Bertz CT molecular complexity index is 1190. The van der Waals surface area contributed by atoms with Gasteiger partial charge in [0.25, 0.3) is 11.7 Å². The Labute approximate surface area is 193 Å². The molecule has 9 heteroatoms. The molecule has 1 N–H and O–H groups in total. The van der Waals surface area contributed by atoms with E-state index in [0.29, 0.717) is 23.6 Å². The molecule has 1 saturated heterocycles. The zero-order chi connectivity index (χ0) is 22.8. The number of likely N-dealkylation sites (tertiary alicyclic amines) is 1. The molecule has 32 heavy (non-hydrogen) atoms. The summed E-state index contributed by atoms with van der Waals surface area (Å²) < 4.78 is 15.2. The third kappa shape index (κ3) is 4.26. The fourth-order valence-electron chi connectivity index (χ4n) is 3.76. The van der Waals surface area contributed by atoms with E-state index in [1.807, 2.05) is 4.57 Å². The van der Waals surface area contributed by atoms with Crippen molar-refractivity contribution in [2.45, 2.75) is 19.0 Å². The van der Waals surface area contributed by atoms with Crippen molar-refractivity contribution in [1.29, 1.82) is 0 Å². The maximum Gasteiger partial charge on any atom is 0.295 e. The Morgan fingerprint density at radius 3 is 2.50 bits per heavy atom. The number of aliphatic hydroxyl groups excluding tert-OH is 1. The molecule has 1 fully saturated rings. The highest BCUT2D eigenvalue weighted by Gasteiger charge is 2.46. The van der Waals surface area contributed by atoms with E-state index in [1.165, 1.54) is 35.2 Å². The van der Waals surface area contributed by atoms with Crippen molar-refractivity contribution in [1.82, 2.24) is 14.5 Å². The summed E-state index contributed by atoms with van der Waals surface area (Å²) in [6.07, 6.45) is 5.66. The Hall–Kier alpha value is -3.16.